The van der Waals surface area contributed by atoms with Crippen LogP contribution in [0.1, 0.15) is 43.0 Å². The zero-order valence-electron chi connectivity index (χ0n) is 15.8. The third-order valence-corrected chi connectivity index (χ3v) is 6.47. The Labute approximate surface area is 161 Å². The van der Waals surface area contributed by atoms with Crippen LogP contribution in [0, 0.1) is 5.41 Å². The van der Waals surface area contributed by atoms with Gasteiger partial charge in [0.25, 0.3) is 0 Å². The monoisotopic (exact) mass is 360 g/mol. The van der Waals surface area contributed by atoms with Gasteiger partial charge in [-0.15, -0.1) is 0 Å². The van der Waals surface area contributed by atoms with Gasteiger partial charge in [0.2, 0.25) is 0 Å². The van der Waals surface area contributed by atoms with E-state index in [1.54, 1.807) is 0 Å². The first kappa shape index (κ1) is 17.0. The Kier molecular flexibility index (Phi) is 4.46. The van der Waals surface area contributed by atoms with Gasteiger partial charge >= 0.3 is 0 Å². The molecular weight excluding hydrogens is 332 g/mol. The van der Waals surface area contributed by atoms with Gasteiger partial charge in [0, 0.05) is 31.2 Å². The van der Waals surface area contributed by atoms with Crippen LogP contribution in [-0.4, -0.2) is 28.5 Å². The van der Waals surface area contributed by atoms with Crippen LogP contribution in [0.5, 0.6) is 0 Å². The first-order chi connectivity index (χ1) is 13.3. The third kappa shape index (κ3) is 3.52. The molecule has 1 aromatic carbocycles. The Morgan fingerprint density at radius 1 is 1.04 bits per heavy atom. The standard InChI is InChI=1S/C23H28N4/c1-2-7-18(8-3-1)20-13-21(20)26-17-23(10-6-11-23)16-24-15-22-25-14-19-9-4-5-12-27(19)22/h1-5,7-9,12,14,20-21,24,26H,6,10-11,13,15-17H2/t20?,21-/m0/s1. The van der Waals surface area contributed by atoms with Gasteiger partial charge in [-0.1, -0.05) is 42.8 Å². The maximum absolute atomic E-state index is 4.57. The average molecular weight is 361 g/mol. The second-order valence-corrected chi connectivity index (χ2v) is 8.37. The molecule has 2 atom stereocenters. The maximum atomic E-state index is 4.57. The zero-order valence-corrected chi connectivity index (χ0v) is 15.8. The molecule has 0 spiro atoms. The molecule has 2 aromatic heterocycles. The molecule has 2 aliphatic carbocycles. The molecule has 0 radical (unpaired) electrons. The zero-order chi connectivity index (χ0) is 18.1. The molecule has 1 unspecified atom stereocenters. The molecule has 140 valence electrons. The Morgan fingerprint density at radius 2 is 1.89 bits per heavy atom. The van der Waals surface area contributed by atoms with E-state index in [0.29, 0.717) is 17.4 Å². The van der Waals surface area contributed by atoms with Gasteiger partial charge < -0.3 is 15.0 Å². The summed E-state index contributed by atoms with van der Waals surface area (Å²) in [5.41, 5.74) is 3.08. The molecule has 2 heterocycles. The maximum Gasteiger partial charge on any atom is 0.127 e. The van der Waals surface area contributed by atoms with Crippen molar-refractivity contribution < 1.29 is 0 Å². The molecule has 3 aromatic rings. The van der Waals surface area contributed by atoms with Gasteiger partial charge in [-0.25, -0.2) is 4.98 Å². The van der Waals surface area contributed by atoms with Crippen LogP contribution in [0.25, 0.3) is 5.52 Å². The SMILES string of the molecule is c1ccc(C2C[C@@H]2NCC2(CNCc3ncc4ccccn34)CCC2)cc1. The number of rotatable bonds is 8. The predicted molar refractivity (Wildman–Crippen MR) is 109 cm³/mol. The minimum atomic E-state index is 0.427. The largest absolute Gasteiger partial charge is 0.313 e. The highest BCUT2D eigenvalue weighted by atomic mass is 15.1. The molecule has 2 saturated carbocycles. The molecule has 0 saturated heterocycles. The van der Waals surface area contributed by atoms with Gasteiger partial charge in [0.1, 0.15) is 5.82 Å². The van der Waals surface area contributed by atoms with Crippen molar-refractivity contribution in [3.8, 4) is 0 Å². The summed E-state index contributed by atoms with van der Waals surface area (Å²) < 4.78 is 2.17. The summed E-state index contributed by atoms with van der Waals surface area (Å²) >= 11 is 0. The summed E-state index contributed by atoms with van der Waals surface area (Å²) in [5, 5.41) is 7.55. The van der Waals surface area contributed by atoms with E-state index in [9.17, 15) is 0 Å². The summed E-state index contributed by atoms with van der Waals surface area (Å²) in [6.07, 6.45) is 9.36. The van der Waals surface area contributed by atoms with E-state index < -0.39 is 0 Å². The van der Waals surface area contributed by atoms with Gasteiger partial charge in [0.05, 0.1) is 18.3 Å². The molecule has 27 heavy (non-hydrogen) atoms. The normalized spacial score (nSPS) is 23.3. The van der Waals surface area contributed by atoms with Crippen molar-refractivity contribution in [3.63, 3.8) is 0 Å². The summed E-state index contributed by atoms with van der Waals surface area (Å²) in [6, 6.07) is 17.8. The van der Waals surface area contributed by atoms with Crippen LogP contribution >= 0.6 is 0 Å². The van der Waals surface area contributed by atoms with Crippen LogP contribution in [-0.2, 0) is 6.54 Å². The Bertz CT molecular complexity index is 897. The molecule has 0 aliphatic heterocycles. The van der Waals surface area contributed by atoms with E-state index in [1.165, 1.54) is 31.2 Å². The number of hydrogen-bond acceptors (Lipinski definition) is 3. The lowest BCUT2D eigenvalue weighted by atomic mass is 9.68. The molecule has 2 N–H and O–H groups in total. The molecule has 4 heteroatoms. The smallest absolute Gasteiger partial charge is 0.127 e. The molecule has 4 nitrogen and oxygen atoms in total. The van der Waals surface area contributed by atoms with Crippen LogP contribution in [0.15, 0.2) is 60.9 Å². The summed E-state index contributed by atoms with van der Waals surface area (Å²) in [5.74, 6) is 1.81. The number of imidazole rings is 1. The minimum absolute atomic E-state index is 0.427. The van der Waals surface area contributed by atoms with Gasteiger partial charge in [0.15, 0.2) is 0 Å². The van der Waals surface area contributed by atoms with E-state index in [4.69, 9.17) is 0 Å². The van der Waals surface area contributed by atoms with Gasteiger partial charge in [-0.3, -0.25) is 0 Å². The van der Waals surface area contributed by atoms with E-state index in [1.807, 2.05) is 6.20 Å². The topological polar surface area (TPSA) is 41.4 Å². The fourth-order valence-corrected chi connectivity index (χ4v) is 4.50. The number of fused-ring (bicyclic) bond motifs is 1. The van der Waals surface area contributed by atoms with Crippen molar-refractivity contribution in [3.05, 3.63) is 72.3 Å². The van der Waals surface area contributed by atoms with Crippen molar-refractivity contribution in [2.75, 3.05) is 13.1 Å². The number of pyridine rings is 1. The van der Waals surface area contributed by atoms with E-state index in [-0.39, 0.29) is 0 Å². The molecule has 0 bridgehead atoms. The van der Waals surface area contributed by atoms with Crippen LogP contribution in [0.4, 0.5) is 0 Å². The number of nitrogens with zero attached hydrogens (tertiary/aromatic N) is 2. The number of nitrogens with one attached hydrogen (secondary N) is 2. The molecule has 5 rings (SSSR count). The lowest BCUT2D eigenvalue weighted by Crippen LogP contribution is -2.47. The summed E-state index contributed by atoms with van der Waals surface area (Å²) in [7, 11) is 0. The second-order valence-electron chi connectivity index (χ2n) is 8.37. The highest BCUT2D eigenvalue weighted by Gasteiger charge is 2.42. The number of aromatic nitrogens is 2. The van der Waals surface area contributed by atoms with Crippen LogP contribution in [0.2, 0.25) is 0 Å². The lowest BCUT2D eigenvalue weighted by molar-refractivity contribution is 0.125. The predicted octanol–water partition coefficient (Wildman–Crippen LogP) is 3.74. The van der Waals surface area contributed by atoms with Gasteiger partial charge in [-0.05, 0) is 42.4 Å². The highest BCUT2D eigenvalue weighted by Crippen LogP contribution is 2.44. The molecule has 2 aliphatic rings. The molecular formula is C23H28N4. The first-order valence-corrected chi connectivity index (χ1v) is 10.2. The fraction of sp³-hybridized carbons (Fsp3) is 0.435. The Morgan fingerprint density at radius 3 is 2.70 bits per heavy atom. The van der Waals surface area contributed by atoms with E-state index in [0.717, 1.165) is 31.0 Å². The minimum Gasteiger partial charge on any atom is -0.313 e. The summed E-state index contributed by atoms with van der Waals surface area (Å²) in [4.78, 5) is 4.57. The quantitative estimate of drug-likeness (QED) is 0.643. The van der Waals surface area contributed by atoms with Crippen molar-refractivity contribution in [1.82, 2.24) is 20.0 Å². The van der Waals surface area contributed by atoms with E-state index in [2.05, 4.69) is 74.7 Å². The summed E-state index contributed by atoms with van der Waals surface area (Å²) in [6.45, 7) is 3.04. The van der Waals surface area contributed by atoms with Crippen molar-refractivity contribution in [2.24, 2.45) is 5.41 Å². The van der Waals surface area contributed by atoms with Crippen LogP contribution in [0.3, 0.4) is 0 Å². The third-order valence-electron chi connectivity index (χ3n) is 6.47. The Balaban J connectivity index is 1.13. The Hall–Kier alpha value is -2.17. The van der Waals surface area contributed by atoms with Gasteiger partial charge in [-0.2, -0.15) is 0 Å². The number of benzene rings is 1. The average Bonchev–Trinajstić information content (AvgIpc) is 3.36. The van der Waals surface area contributed by atoms with Crippen LogP contribution < -0.4 is 10.6 Å². The number of hydrogen-bond donors (Lipinski definition) is 2. The van der Waals surface area contributed by atoms with Crippen molar-refractivity contribution in [1.29, 1.82) is 0 Å². The van der Waals surface area contributed by atoms with Crippen molar-refractivity contribution in [2.45, 2.75) is 44.2 Å². The highest BCUT2D eigenvalue weighted by molar-refractivity contribution is 5.45. The lowest BCUT2D eigenvalue weighted by Gasteiger charge is -2.42. The molecule has 0 amide bonds. The van der Waals surface area contributed by atoms with E-state index >= 15 is 0 Å². The second kappa shape index (κ2) is 7.10. The first-order valence-electron chi connectivity index (χ1n) is 10.2. The molecule has 2 fully saturated rings. The van der Waals surface area contributed by atoms with Crippen molar-refractivity contribution >= 4 is 5.52 Å². The fourth-order valence-electron chi connectivity index (χ4n) is 4.50.